The average molecular weight is 289 g/mol. The fourth-order valence-electron chi connectivity index (χ4n) is 2.44. The molecule has 21 heavy (non-hydrogen) atoms. The smallest absolute Gasteiger partial charge is 0.242 e. The zero-order valence-electron chi connectivity index (χ0n) is 12.8. The molecule has 0 spiro atoms. The third-order valence-corrected chi connectivity index (χ3v) is 3.71. The van der Waals surface area contributed by atoms with Crippen LogP contribution in [0.3, 0.4) is 0 Å². The standard InChI is InChI=1S/C16H23N3O2/c1-13-4-3-5-14(10-13)11-15(20)18(2)12-16(21)19-8-6-17-7-9-19/h3-5,10,17H,6-9,11-12H2,1-2H3. The molecule has 2 rings (SSSR count). The Morgan fingerprint density at radius 1 is 1.29 bits per heavy atom. The third-order valence-electron chi connectivity index (χ3n) is 3.71. The topological polar surface area (TPSA) is 52.7 Å². The van der Waals surface area contributed by atoms with Gasteiger partial charge >= 0.3 is 0 Å². The second-order valence-corrected chi connectivity index (χ2v) is 5.55. The van der Waals surface area contributed by atoms with Crippen LogP contribution >= 0.6 is 0 Å². The predicted molar refractivity (Wildman–Crippen MR) is 82.0 cm³/mol. The number of hydrogen-bond acceptors (Lipinski definition) is 3. The second-order valence-electron chi connectivity index (χ2n) is 5.55. The van der Waals surface area contributed by atoms with Gasteiger partial charge in [-0.15, -0.1) is 0 Å². The van der Waals surface area contributed by atoms with Crippen LogP contribution in [0.25, 0.3) is 0 Å². The first-order valence-corrected chi connectivity index (χ1v) is 7.34. The molecule has 5 heteroatoms. The van der Waals surface area contributed by atoms with Gasteiger partial charge in [-0.1, -0.05) is 29.8 Å². The largest absolute Gasteiger partial charge is 0.339 e. The third kappa shape index (κ3) is 4.56. The van der Waals surface area contributed by atoms with Crippen molar-refractivity contribution in [1.82, 2.24) is 15.1 Å². The molecule has 1 aliphatic rings. The van der Waals surface area contributed by atoms with Crippen LogP contribution in [0.2, 0.25) is 0 Å². The summed E-state index contributed by atoms with van der Waals surface area (Å²) >= 11 is 0. The van der Waals surface area contributed by atoms with Gasteiger partial charge in [0.2, 0.25) is 11.8 Å². The Labute approximate surface area is 125 Å². The number of likely N-dealkylation sites (N-methyl/N-ethyl adjacent to an activating group) is 1. The van der Waals surface area contributed by atoms with Gasteiger partial charge in [0.15, 0.2) is 0 Å². The lowest BCUT2D eigenvalue weighted by Crippen LogP contribution is -2.49. The van der Waals surface area contributed by atoms with E-state index in [-0.39, 0.29) is 18.4 Å². The number of carbonyl (C=O) groups excluding carboxylic acids is 2. The molecule has 0 saturated carbocycles. The van der Waals surface area contributed by atoms with Crippen molar-refractivity contribution in [2.24, 2.45) is 0 Å². The lowest BCUT2D eigenvalue weighted by molar-refractivity contribution is -0.139. The Bertz CT molecular complexity index is 510. The molecule has 0 atom stereocenters. The van der Waals surface area contributed by atoms with Gasteiger partial charge in [-0.2, -0.15) is 0 Å². The summed E-state index contributed by atoms with van der Waals surface area (Å²) in [7, 11) is 1.69. The van der Waals surface area contributed by atoms with Crippen molar-refractivity contribution in [2.45, 2.75) is 13.3 Å². The van der Waals surface area contributed by atoms with Crippen LogP contribution in [-0.4, -0.2) is 61.4 Å². The molecule has 1 heterocycles. The van der Waals surface area contributed by atoms with E-state index in [9.17, 15) is 9.59 Å². The molecule has 5 nitrogen and oxygen atoms in total. The van der Waals surface area contributed by atoms with E-state index in [1.54, 1.807) is 7.05 Å². The second kappa shape index (κ2) is 7.22. The summed E-state index contributed by atoms with van der Waals surface area (Å²) in [5.74, 6) is 0.000627. The van der Waals surface area contributed by atoms with Crippen molar-refractivity contribution in [3.05, 3.63) is 35.4 Å². The lowest BCUT2D eigenvalue weighted by Gasteiger charge is -2.29. The maximum atomic E-state index is 12.2. The predicted octanol–water partition coefficient (Wildman–Crippen LogP) is 0.428. The quantitative estimate of drug-likeness (QED) is 0.874. The van der Waals surface area contributed by atoms with E-state index in [2.05, 4.69) is 5.32 Å². The highest BCUT2D eigenvalue weighted by Crippen LogP contribution is 2.06. The number of hydrogen-bond donors (Lipinski definition) is 1. The molecular formula is C16H23N3O2. The van der Waals surface area contributed by atoms with Crippen molar-refractivity contribution in [2.75, 3.05) is 39.8 Å². The Balaban J connectivity index is 1.85. The molecule has 1 aromatic carbocycles. The van der Waals surface area contributed by atoms with E-state index in [0.717, 1.165) is 37.3 Å². The zero-order chi connectivity index (χ0) is 15.2. The lowest BCUT2D eigenvalue weighted by atomic mass is 10.1. The van der Waals surface area contributed by atoms with Crippen molar-refractivity contribution in [3.8, 4) is 0 Å². The number of aryl methyl sites for hydroxylation is 1. The average Bonchev–Trinajstić information content (AvgIpc) is 2.48. The molecule has 1 fully saturated rings. The number of piperazine rings is 1. The minimum atomic E-state index is -0.0240. The highest BCUT2D eigenvalue weighted by atomic mass is 16.2. The summed E-state index contributed by atoms with van der Waals surface area (Å²) in [6.45, 7) is 5.26. The molecule has 1 aliphatic heterocycles. The van der Waals surface area contributed by atoms with Gasteiger partial charge < -0.3 is 15.1 Å². The Kier molecular flexibility index (Phi) is 5.33. The van der Waals surface area contributed by atoms with Gasteiger partial charge in [-0.05, 0) is 12.5 Å². The van der Waals surface area contributed by atoms with E-state index >= 15 is 0 Å². The molecule has 0 aliphatic carbocycles. The fraction of sp³-hybridized carbons (Fsp3) is 0.500. The number of nitrogens with one attached hydrogen (secondary N) is 1. The molecule has 1 aromatic rings. The van der Waals surface area contributed by atoms with Crippen molar-refractivity contribution in [1.29, 1.82) is 0 Å². The maximum Gasteiger partial charge on any atom is 0.242 e. The first kappa shape index (κ1) is 15.5. The van der Waals surface area contributed by atoms with Crippen molar-refractivity contribution < 1.29 is 9.59 Å². The number of amides is 2. The number of benzene rings is 1. The maximum absolute atomic E-state index is 12.2. The Morgan fingerprint density at radius 3 is 2.67 bits per heavy atom. The molecule has 0 aromatic heterocycles. The summed E-state index contributed by atoms with van der Waals surface area (Å²) in [5.41, 5.74) is 2.13. The summed E-state index contributed by atoms with van der Waals surface area (Å²) in [4.78, 5) is 27.6. The SMILES string of the molecule is Cc1cccc(CC(=O)N(C)CC(=O)N2CCNCC2)c1. The van der Waals surface area contributed by atoms with Gasteiger partial charge in [0, 0.05) is 33.2 Å². The molecule has 0 bridgehead atoms. The number of rotatable bonds is 4. The Morgan fingerprint density at radius 2 is 2.00 bits per heavy atom. The molecule has 0 radical (unpaired) electrons. The van der Waals surface area contributed by atoms with Crippen molar-refractivity contribution >= 4 is 11.8 Å². The molecule has 0 unspecified atom stereocenters. The molecule has 1 N–H and O–H groups in total. The van der Waals surface area contributed by atoms with E-state index in [4.69, 9.17) is 0 Å². The summed E-state index contributed by atoms with van der Waals surface area (Å²) in [6.07, 6.45) is 0.340. The van der Waals surface area contributed by atoms with E-state index in [1.807, 2.05) is 36.1 Å². The van der Waals surface area contributed by atoms with E-state index < -0.39 is 0 Å². The normalized spacial score (nSPS) is 14.9. The number of nitrogens with zero attached hydrogens (tertiary/aromatic N) is 2. The molecule has 114 valence electrons. The highest BCUT2D eigenvalue weighted by molar-refractivity contribution is 5.85. The minimum Gasteiger partial charge on any atom is -0.339 e. The molecular weight excluding hydrogens is 266 g/mol. The number of carbonyl (C=O) groups is 2. The summed E-state index contributed by atoms with van der Waals surface area (Å²) in [5, 5.41) is 3.21. The summed E-state index contributed by atoms with van der Waals surface area (Å²) < 4.78 is 0. The van der Waals surface area contributed by atoms with Gasteiger partial charge in [0.05, 0.1) is 13.0 Å². The molecule has 2 amide bonds. The monoisotopic (exact) mass is 289 g/mol. The summed E-state index contributed by atoms with van der Waals surface area (Å²) in [6, 6.07) is 7.90. The van der Waals surface area contributed by atoms with Gasteiger partial charge in [-0.3, -0.25) is 9.59 Å². The van der Waals surface area contributed by atoms with Crippen LogP contribution in [-0.2, 0) is 16.0 Å². The van der Waals surface area contributed by atoms with Gasteiger partial charge in [0.25, 0.3) is 0 Å². The van der Waals surface area contributed by atoms with Crippen molar-refractivity contribution in [3.63, 3.8) is 0 Å². The fourth-order valence-corrected chi connectivity index (χ4v) is 2.44. The first-order chi connectivity index (χ1) is 10.1. The zero-order valence-corrected chi connectivity index (χ0v) is 12.8. The van der Waals surface area contributed by atoms with E-state index in [1.165, 1.54) is 4.90 Å². The van der Waals surface area contributed by atoms with Gasteiger partial charge in [-0.25, -0.2) is 0 Å². The molecule has 1 saturated heterocycles. The Hall–Kier alpha value is -1.88. The van der Waals surface area contributed by atoms with Gasteiger partial charge in [0.1, 0.15) is 0 Å². The minimum absolute atomic E-state index is 0.0240. The van der Waals surface area contributed by atoms with Crippen LogP contribution < -0.4 is 5.32 Å². The first-order valence-electron chi connectivity index (χ1n) is 7.34. The highest BCUT2D eigenvalue weighted by Gasteiger charge is 2.19. The van der Waals surface area contributed by atoms with Crippen LogP contribution in [0, 0.1) is 6.92 Å². The van der Waals surface area contributed by atoms with Crippen LogP contribution in [0.1, 0.15) is 11.1 Å². The van der Waals surface area contributed by atoms with Crippen LogP contribution in [0.4, 0.5) is 0 Å². The van der Waals surface area contributed by atoms with Crippen LogP contribution in [0.15, 0.2) is 24.3 Å². The van der Waals surface area contributed by atoms with E-state index in [0.29, 0.717) is 6.42 Å². The van der Waals surface area contributed by atoms with Crippen LogP contribution in [0.5, 0.6) is 0 Å².